The molecule has 3 rings (SSSR count). The first kappa shape index (κ1) is 19.3. The molecule has 0 unspecified atom stereocenters. The van der Waals surface area contributed by atoms with E-state index in [2.05, 4.69) is 41.0 Å². The highest BCUT2D eigenvalue weighted by Gasteiger charge is 2.23. The molecule has 1 aliphatic heterocycles. The van der Waals surface area contributed by atoms with Gasteiger partial charge >= 0.3 is 0 Å². The van der Waals surface area contributed by atoms with Gasteiger partial charge < -0.3 is 10.6 Å². The van der Waals surface area contributed by atoms with E-state index in [0.717, 1.165) is 38.3 Å². The van der Waals surface area contributed by atoms with Gasteiger partial charge in [0, 0.05) is 12.5 Å². The molecule has 1 saturated heterocycles. The van der Waals surface area contributed by atoms with Crippen molar-refractivity contribution in [3.05, 3.63) is 35.9 Å². The molecule has 1 aromatic carbocycles. The Morgan fingerprint density at radius 1 is 1.00 bits per heavy atom. The largest absolute Gasteiger partial charge is 0.353 e. The summed E-state index contributed by atoms with van der Waals surface area (Å²) < 4.78 is 0. The molecule has 0 spiro atoms. The van der Waals surface area contributed by atoms with Crippen LogP contribution in [0.5, 0.6) is 0 Å². The molecule has 1 amide bonds. The second kappa shape index (κ2) is 10.0. The van der Waals surface area contributed by atoms with Crippen molar-refractivity contribution < 1.29 is 4.79 Å². The number of rotatable bonds is 5. The van der Waals surface area contributed by atoms with Gasteiger partial charge in [-0.1, -0.05) is 30.3 Å². The Balaban J connectivity index is 0.00000208. The van der Waals surface area contributed by atoms with Crippen LogP contribution in [0.4, 0.5) is 0 Å². The van der Waals surface area contributed by atoms with Crippen molar-refractivity contribution in [2.24, 2.45) is 5.92 Å². The Bertz CT molecular complexity index is 480. The minimum atomic E-state index is 0. The zero-order valence-electron chi connectivity index (χ0n) is 14.5. The predicted molar refractivity (Wildman–Crippen MR) is 102 cm³/mol. The number of piperidine rings is 1. The van der Waals surface area contributed by atoms with E-state index in [1.54, 1.807) is 0 Å². The zero-order valence-corrected chi connectivity index (χ0v) is 15.3. The van der Waals surface area contributed by atoms with Crippen molar-refractivity contribution in [3.63, 3.8) is 0 Å². The first-order valence-electron chi connectivity index (χ1n) is 9.36. The average molecular weight is 351 g/mol. The third-order valence-corrected chi connectivity index (χ3v) is 5.60. The Kier molecular flexibility index (Phi) is 8.07. The third-order valence-electron chi connectivity index (χ3n) is 5.60. The van der Waals surface area contributed by atoms with Gasteiger partial charge in [0.2, 0.25) is 5.91 Å². The van der Waals surface area contributed by atoms with Crippen molar-refractivity contribution in [2.75, 3.05) is 13.1 Å². The fourth-order valence-electron chi connectivity index (χ4n) is 4.10. The van der Waals surface area contributed by atoms with Crippen LogP contribution >= 0.6 is 12.4 Å². The van der Waals surface area contributed by atoms with Crippen LogP contribution in [0, 0.1) is 5.92 Å². The number of hydrogen-bond donors (Lipinski definition) is 2. The van der Waals surface area contributed by atoms with E-state index in [1.807, 2.05) is 0 Å². The van der Waals surface area contributed by atoms with Gasteiger partial charge in [0.25, 0.3) is 0 Å². The first-order valence-corrected chi connectivity index (χ1v) is 9.36. The lowest BCUT2D eigenvalue weighted by molar-refractivity contribution is -0.122. The van der Waals surface area contributed by atoms with E-state index in [0.29, 0.717) is 18.4 Å². The molecular formula is C20H31ClN2O. The summed E-state index contributed by atoms with van der Waals surface area (Å²) in [5, 5.41) is 6.66. The molecule has 4 heteroatoms. The van der Waals surface area contributed by atoms with E-state index in [-0.39, 0.29) is 18.3 Å². The van der Waals surface area contributed by atoms with Crippen LogP contribution in [0.1, 0.15) is 62.8 Å². The molecule has 24 heavy (non-hydrogen) atoms. The molecule has 1 aromatic rings. The molecule has 0 bridgehead atoms. The maximum atomic E-state index is 12.2. The lowest BCUT2D eigenvalue weighted by Gasteiger charge is -2.29. The summed E-state index contributed by atoms with van der Waals surface area (Å²) in [6.45, 7) is 2.24. The summed E-state index contributed by atoms with van der Waals surface area (Å²) in [6, 6.07) is 11.2. The molecule has 3 nitrogen and oxygen atoms in total. The molecule has 1 heterocycles. The molecule has 134 valence electrons. The van der Waals surface area contributed by atoms with Gasteiger partial charge in [-0.3, -0.25) is 4.79 Å². The molecule has 2 fully saturated rings. The van der Waals surface area contributed by atoms with E-state index < -0.39 is 0 Å². The fraction of sp³-hybridized carbons (Fsp3) is 0.650. The second-order valence-electron chi connectivity index (χ2n) is 7.26. The summed E-state index contributed by atoms with van der Waals surface area (Å²) >= 11 is 0. The molecule has 2 N–H and O–H groups in total. The van der Waals surface area contributed by atoms with Crippen LogP contribution in [0.2, 0.25) is 0 Å². The molecular weight excluding hydrogens is 320 g/mol. The van der Waals surface area contributed by atoms with Crippen LogP contribution in [-0.4, -0.2) is 25.0 Å². The highest BCUT2D eigenvalue weighted by atomic mass is 35.5. The van der Waals surface area contributed by atoms with Gasteiger partial charge in [-0.2, -0.15) is 0 Å². The van der Waals surface area contributed by atoms with Crippen molar-refractivity contribution in [3.8, 4) is 0 Å². The van der Waals surface area contributed by atoms with E-state index >= 15 is 0 Å². The van der Waals surface area contributed by atoms with Gasteiger partial charge in [-0.05, 0) is 75.4 Å². The highest BCUT2D eigenvalue weighted by Crippen LogP contribution is 2.32. The zero-order chi connectivity index (χ0) is 15.9. The molecule has 1 saturated carbocycles. The number of hydrogen-bond acceptors (Lipinski definition) is 2. The summed E-state index contributed by atoms with van der Waals surface area (Å²) in [5.74, 6) is 1.70. The van der Waals surface area contributed by atoms with Crippen molar-refractivity contribution in [2.45, 2.75) is 63.3 Å². The molecule has 1 aliphatic carbocycles. The number of benzene rings is 1. The maximum Gasteiger partial charge on any atom is 0.220 e. The normalized spacial score (nSPS) is 24.8. The smallest absolute Gasteiger partial charge is 0.220 e. The maximum absolute atomic E-state index is 12.2. The Morgan fingerprint density at radius 3 is 2.33 bits per heavy atom. The van der Waals surface area contributed by atoms with Gasteiger partial charge in [0.05, 0.1) is 0 Å². The standard InChI is InChI=1S/C20H30N2O.ClH/c23-20(11-6-16-12-14-21-15-13-16)22-19-9-7-18(8-10-19)17-4-2-1-3-5-17;/h1-5,16,18-19,21H,6-15H2,(H,22,23);1H. The van der Waals surface area contributed by atoms with Gasteiger partial charge in [-0.15, -0.1) is 12.4 Å². The fourth-order valence-corrected chi connectivity index (χ4v) is 4.10. The SMILES string of the molecule is Cl.O=C(CCC1CCNCC1)NC1CCC(c2ccccc2)CC1. The third kappa shape index (κ3) is 5.78. The van der Waals surface area contributed by atoms with Gasteiger partial charge in [0.1, 0.15) is 0 Å². The number of halogens is 1. The Morgan fingerprint density at radius 2 is 1.67 bits per heavy atom. The van der Waals surface area contributed by atoms with Crippen LogP contribution in [0.25, 0.3) is 0 Å². The van der Waals surface area contributed by atoms with Crippen molar-refractivity contribution in [1.29, 1.82) is 0 Å². The van der Waals surface area contributed by atoms with Crippen molar-refractivity contribution in [1.82, 2.24) is 10.6 Å². The van der Waals surface area contributed by atoms with Gasteiger partial charge in [-0.25, -0.2) is 0 Å². The highest BCUT2D eigenvalue weighted by molar-refractivity contribution is 5.85. The first-order chi connectivity index (χ1) is 11.3. The predicted octanol–water partition coefficient (Wildman–Crippen LogP) is 4.03. The summed E-state index contributed by atoms with van der Waals surface area (Å²) in [7, 11) is 0. The second-order valence-corrected chi connectivity index (χ2v) is 7.26. The van der Waals surface area contributed by atoms with Gasteiger partial charge in [0.15, 0.2) is 0 Å². The monoisotopic (exact) mass is 350 g/mol. The lowest BCUT2D eigenvalue weighted by atomic mass is 9.81. The molecule has 0 aromatic heterocycles. The topological polar surface area (TPSA) is 41.1 Å². The minimum Gasteiger partial charge on any atom is -0.353 e. The Hall–Kier alpha value is -1.06. The van der Waals surface area contributed by atoms with Crippen LogP contribution in [-0.2, 0) is 4.79 Å². The Labute approximate surface area is 152 Å². The van der Waals surface area contributed by atoms with E-state index in [9.17, 15) is 4.79 Å². The molecule has 2 aliphatic rings. The van der Waals surface area contributed by atoms with Crippen LogP contribution < -0.4 is 10.6 Å². The number of amides is 1. The van der Waals surface area contributed by atoms with Crippen LogP contribution in [0.3, 0.4) is 0 Å². The summed E-state index contributed by atoms with van der Waals surface area (Å²) in [5.41, 5.74) is 1.46. The van der Waals surface area contributed by atoms with Crippen molar-refractivity contribution >= 4 is 18.3 Å². The summed E-state index contributed by atoms with van der Waals surface area (Å²) in [4.78, 5) is 12.2. The molecule has 0 atom stereocenters. The van der Waals surface area contributed by atoms with E-state index in [1.165, 1.54) is 31.2 Å². The summed E-state index contributed by atoms with van der Waals surface area (Å²) in [6.07, 6.45) is 8.88. The number of carbonyl (C=O) groups is 1. The van der Waals surface area contributed by atoms with E-state index in [4.69, 9.17) is 0 Å². The molecule has 0 radical (unpaired) electrons. The average Bonchev–Trinajstić information content (AvgIpc) is 2.62. The number of carbonyl (C=O) groups excluding carboxylic acids is 1. The quantitative estimate of drug-likeness (QED) is 0.841. The lowest BCUT2D eigenvalue weighted by Crippen LogP contribution is -2.37. The van der Waals surface area contributed by atoms with Crippen LogP contribution in [0.15, 0.2) is 30.3 Å². The number of nitrogens with one attached hydrogen (secondary N) is 2. The minimum absolute atomic E-state index is 0.